The van der Waals surface area contributed by atoms with Crippen LogP contribution in [0.3, 0.4) is 0 Å². The average Bonchev–Trinajstić information content (AvgIpc) is 2.57. The van der Waals surface area contributed by atoms with Gasteiger partial charge < -0.3 is 9.80 Å². The maximum Gasteiger partial charge on any atom is 0.176 e. The number of rotatable bonds is 6. The highest BCUT2D eigenvalue weighted by Crippen LogP contribution is 2.40. The van der Waals surface area contributed by atoms with E-state index in [1.807, 2.05) is 74.4 Å². The predicted octanol–water partition coefficient (Wildman–Crippen LogP) is 3.23. The number of carbonyl (C=O) groups is 2. The van der Waals surface area contributed by atoms with Crippen molar-refractivity contribution >= 4 is 23.3 Å². The molecule has 0 bridgehead atoms. The van der Waals surface area contributed by atoms with E-state index in [9.17, 15) is 9.59 Å². The molecule has 3 rings (SSSR count). The third-order valence-corrected chi connectivity index (χ3v) is 5.52. The molecule has 0 aromatic heterocycles. The lowest BCUT2D eigenvalue weighted by atomic mass is 9.98. The normalized spacial score (nSPS) is 12.8. The third kappa shape index (κ3) is 4.23. The molecule has 1 aliphatic heterocycles. The van der Waals surface area contributed by atoms with Gasteiger partial charge in [-0.25, -0.2) is 0 Å². The van der Waals surface area contributed by atoms with Crippen molar-refractivity contribution in [1.82, 2.24) is 9.80 Å². The standard InChI is InChI=1S/C21H24N2O2S/c1-22(2)12-18(24)14-5-7-20-16(9-14)11-17-10-15(6-8-21(17)26-20)19(25)13-23(3)4/h5-10H,11-13H2,1-4H3. The second-order valence-electron chi connectivity index (χ2n) is 7.25. The van der Waals surface area contributed by atoms with E-state index in [4.69, 9.17) is 0 Å². The van der Waals surface area contributed by atoms with Gasteiger partial charge in [0.2, 0.25) is 0 Å². The van der Waals surface area contributed by atoms with E-state index in [0.717, 1.165) is 28.7 Å². The first-order valence-electron chi connectivity index (χ1n) is 8.63. The van der Waals surface area contributed by atoms with E-state index >= 15 is 0 Å². The van der Waals surface area contributed by atoms with Crippen LogP contribution in [0.5, 0.6) is 0 Å². The Balaban J connectivity index is 1.85. The topological polar surface area (TPSA) is 40.6 Å². The van der Waals surface area contributed by atoms with Crippen molar-refractivity contribution in [1.29, 1.82) is 0 Å². The number of benzene rings is 2. The number of likely N-dealkylation sites (N-methyl/N-ethyl adjacent to an activating group) is 2. The zero-order chi connectivity index (χ0) is 18.8. The highest BCUT2D eigenvalue weighted by molar-refractivity contribution is 7.99. The maximum atomic E-state index is 12.3. The molecule has 1 heterocycles. The number of carbonyl (C=O) groups excluding carboxylic acids is 2. The fourth-order valence-electron chi connectivity index (χ4n) is 3.06. The molecule has 2 aromatic carbocycles. The largest absolute Gasteiger partial charge is 0.302 e. The summed E-state index contributed by atoms with van der Waals surface area (Å²) in [6.07, 6.45) is 0.754. The lowest BCUT2D eigenvalue weighted by Crippen LogP contribution is -2.22. The Hall–Kier alpha value is -1.95. The van der Waals surface area contributed by atoms with E-state index in [1.54, 1.807) is 11.8 Å². The van der Waals surface area contributed by atoms with Crippen LogP contribution in [0.2, 0.25) is 0 Å². The summed E-state index contributed by atoms with van der Waals surface area (Å²) in [6.45, 7) is 0.817. The predicted molar refractivity (Wildman–Crippen MR) is 106 cm³/mol. The van der Waals surface area contributed by atoms with Crippen LogP contribution in [-0.4, -0.2) is 62.6 Å². The van der Waals surface area contributed by atoms with Gasteiger partial charge in [-0.05, 0) is 70.0 Å². The van der Waals surface area contributed by atoms with E-state index in [0.29, 0.717) is 13.1 Å². The highest BCUT2D eigenvalue weighted by atomic mass is 32.2. The lowest BCUT2D eigenvalue weighted by molar-refractivity contribution is 0.0949. The second-order valence-corrected chi connectivity index (χ2v) is 8.33. The number of nitrogens with zero attached hydrogens (tertiary/aromatic N) is 2. The van der Waals surface area contributed by atoms with E-state index < -0.39 is 0 Å². The van der Waals surface area contributed by atoms with Gasteiger partial charge in [-0.2, -0.15) is 0 Å². The van der Waals surface area contributed by atoms with Gasteiger partial charge in [0.25, 0.3) is 0 Å². The smallest absolute Gasteiger partial charge is 0.176 e. The zero-order valence-electron chi connectivity index (χ0n) is 15.7. The lowest BCUT2D eigenvalue weighted by Gasteiger charge is -2.21. The van der Waals surface area contributed by atoms with E-state index in [1.165, 1.54) is 9.79 Å². The molecule has 0 unspecified atom stereocenters. The minimum absolute atomic E-state index is 0.128. The van der Waals surface area contributed by atoms with E-state index in [-0.39, 0.29) is 11.6 Å². The molecule has 0 atom stereocenters. The van der Waals surface area contributed by atoms with Crippen molar-refractivity contribution in [2.24, 2.45) is 0 Å². The summed E-state index contributed by atoms with van der Waals surface area (Å²) in [5.41, 5.74) is 3.82. The van der Waals surface area contributed by atoms with Gasteiger partial charge in [0.05, 0.1) is 13.1 Å². The van der Waals surface area contributed by atoms with Crippen molar-refractivity contribution in [2.45, 2.75) is 16.2 Å². The molecule has 0 radical (unpaired) electrons. The van der Waals surface area contributed by atoms with Crippen LogP contribution in [0, 0.1) is 0 Å². The summed E-state index contributed by atoms with van der Waals surface area (Å²) in [6, 6.07) is 11.9. The van der Waals surface area contributed by atoms with Crippen molar-refractivity contribution in [2.75, 3.05) is 41.3 Å². The van der Waals surface area contributed by atoms with Gasteiger partial charge in [0, 0.05) is 20.9 Å². The fraction of sp³-hybridized carbons (Fsp3) is 0.333. The van der Waals surface area contributed by atoms with Crippen LogP contribution in [0.15, 0.2) is 46.2 Å². The molecule has 0 fully saturated rings. The summed E-state index contributed by atoms with van der Waals surface area (Å²) in [4.78, 5) is 30.8. The molecule has 0 saturated heterocycles. The van der Waals surface area contributed by atoms with Crippen LogP contribution in [-0.2, 0) is 6.42 Å². The Morgan fingerprint density at radius 1 is 0.808 bits per heavy atom. The number of Topliss-reactive ketones (excluding diaryl/α,β-unsaturated/α-hetero) is 2. The first kappa shape index (κ1) is 18.8. The summed E-state index contributed by atoms with van der Waals surface area (Å²) < 4.78 is 0. The number of hydrogen-bond donors (Lipinski definition) is 0. The Morgan fingerprint density at radius 2 is 1.23 bits per heavy atom. The van der Waals surface area contributed by atoms with Gasteiger partial charge in [-0.1, -0.05) is 23.9 Å². The third-order valence-electron chi connectivity index (χ3n) is 4.29. The Labute approximate surface area is 159 Å². The first-order chi connectivity index (χ1) is 12.3. The maximum absolute atomic E-state index is 12.3. The molecular weight excluding hydrogens is 344 g/mol. The van der Waals surface area contributed by atoms with Crippen LogP contribution >= 0.6 is 11.8 Å². The van der Waals surface area contributed by atoms with Crippen LogP contribution in [0.25, 0.3) is 0 Å². The van der Waals surface area contributed by atoms with Gasteiger partial charge in [0.15, 0.2) is 11.6 Å². The molecule has 5 heteroatoms. The summed E-state index contributed by atoms with van der Waals surface area (Å²) in [7, 11) is 7.59. The van der Waals surface area contributed by atoms with Crippen molar-refractivity contribution in [3.05, 3.63) is 58.7 Å². The first-order valence-corrected chi connectivity index (χ1v) is 9.44. The van der Waals surface area contributed by atoms with Crippen LogP contribution < -0.4 is 0 Å². The molecule has 4 nitrogen and oxygen atoms in total. The summed E-state index contributed by atoms with van der Waals surface area (Å²) in [5, 5.41) is 0. The molecule has 136 valence electrons. The quantitative estimate of drug-likeness (QED) is 0.625. The molecule has 0 saturated carbocycles. The fourth-order valence-corrected chi connectivity index (χ4v) is 4.10. The highest BCUT2D eigenvalue weighted by Gasteiger charge is 2.20. The number of ketones is 2. The van der Waals surface area contributed by atoms with Crippen molar-refractivity contribution in [3.8, 4) is 0 Å². The molecule has 2 aromatic rings. The van der Waals surface area contributed by atoms with Crippen LogP contribution in [0.4, 0.5) is 0 Å². The van der Waals surface area contributed by atoms with E-state index in [2.05, 4.69) is 0 Å². The molecule has 1 aliphatic rings. The second kappa shape index (κ2) is 7.74. The van der Waals surface area contributed by atoms with Crippen LogP contribution in [0.1, 0.15) is 31.8 Å². The molecule has 0 aliphatic carbocycles. The van der Waals surface area contributed by atoms with Crippen molar-refractivity contribution in [3.63, 3.8) is 0 Å². The Kier molecular flexibility index (Phi) is 5.61. The number of hydrogen-bond acceptors (Lipinski definition) is 5. The zero-order valence-corrected chi connectivity index (χ0v) is 16.5. The summed E-state index contributed by atoms with van der Waals surface area (Å²) in [5.74, 6) is 0.256. The monoisotopic (exact) mass is 368 g/mol. The van der Waals surface area contributed by atoms with Crippen molar-refractivity contribution < 1.29 is 9.59 Å². The number of fused-ring (bicyclic) bond motifs is 2. The van der Waals surface area contributed by atoms with Gasteiger partial charge in [-0.3, -0.25) is 9.59 Å². The SMILES string of the molecule is CN(C)CC(=O)c1ccc2c(c1)Cc1cc(C(=O)CN(C)C)ccc1S2. The minimum atomic E-state index is 0.128. The molecule has 0 spiro atoms. The minimum Gasteiger partial charge on any atom is -0.302 e. The molecule has 26 heavy (non-hydrogen) atoms. The molecule has 0 amide bonds. The van der Waals surface area contributed by atoms with Gasteiger partial charge >= 0.3 is 0 Å². The average molecular weight is 369 g/mol. The molecular formula is C21H24N2O2S. The van der Waals surface area contributed by atoms with Gasteiger partial charge in [0.1, 0.15) is 0 Å². The molecule has 0 N–H and O–H groups in total. The van der Waals surface area contributed by atoms with Gasteiger partial charge in [-0.15, -0.1) is 0 Å². The Morgan fingerprint density at radius 3 is 1.62 bits per heavy atom. The summed E-state index contributed by atoms with van der Waals surface area (Å²) >= 11 is 1.71. The Bertz CT molecular complexity index is 790.